The second-order valence-corrected chi connectivity index (χ2v) is 14.3. The van der Waals surface area contributed by atoms with Gasteiger partial charge < -0.3 is 24.7 Å². The Hall–Kier alpha value is -3.56. The highest BCUT2D eigenvalue weighted by Gasteiger charge is 2.77. The molecule has 0 radical (unpaired) electrons. The van der Waals surface area contributed by atoms with Crippen molar-refractivity contribution in [2.24, 2.45) is 17.8 Å². The summed E-state index contributed by atoms with van der Waals surface area (Å²) in [5.41, 5.74) is 2.76. The summed E-state index contributed by atoms with van der Waals surface area (Å²) in [6.07, 6.45) is 4.53. The van der Waals surface area contributed by atoms with Gasteiger partial charge in [-0.25, -0.2) is 0 Å². The van der Waals surface area contributed by atoms with Gasteiger partial charge in [-0.05, 0) is 62.4 Å². The van der Waals surface area contributed by atoms with Gasteiger partial charge in [-0.3, -0.25) is 14.4 Å². The minimum absolute atomic E-state index is 0.0100. The van der Waals surface area contributed by atoms with E-state index in [1.165, 1.54) is 0 Å². The number of nitrogens with zero attached hydrogens (tertiary/aromatic N) is 4. The number of aliphatic hydroxyl groups excluding tert-OH is 1. The maximum atomic E-state index is 15.1. The van der Waals surface area contributed by atoms with Gasteiger partial charge in [0.25, 0.3) is 5.91 Å². The van der Waals surface area contributed by atoms with Crippen molar-refractivity contribution >= 4 is 40.9 Å². The minimum Gasteiger partial charge on any atom is -0.394 e. The van der Waals surface area contributed by atoms with Crippen molar-refractivity contribution in [1.82, 2.24) is 9.80 Å². The molecule has 3 fully saturated rings. The van der Waals surface area contributed by atoms with E-state index < -0.39 is 28.7 Å². The molecular weight excluding hydrogens is 596 g/mol. The summed E-state index contributed by atoms with van der Waals surface area (Å²) in [4.78, 5) is 51.2. The van der Waals surface area contributed by atoms with E-state index in [1.54, 1.807) is 45.7 Å². The first-order valence-corrected chi connectivity index (χ1v) is 17.3. The van der Waals surface area contributed by atoms with Crippen LogP contribution >= 0.6 is 11.8 Å². The quantitative estimate of drug-likeness (QED) is 0.302. The highest BCUT2D eigenvalue weighted by Crippen LogP contribution is 2.69. The van der Waals surface area contributed by atoms with Crippen LogP contribution < -0.4 is 9.80 Å². The van der Waals surface area contributed by atoms with Gasteiger partial charge >= 0.3 is 0 Å². The number of benzene rings is 2. The Morgan fingerprint density at radius 3 is 2.24 bits per heavy atom. The molecule has 1 spiro atoms. The molecule has 0 aliphatic carbocycles. The van der Waals surface area contributed by atoms with Crippen molar-refractivity contribution in [3.05, 3.63) is 85.5 Å². The Morgan fingerprint density at radius 2 is 1.65 bits per heavy atom. The van der Waals surface area contributed by atoms with Crippen LogP contribution in [0.4, 0.5) is 11.4 Å². The van der Waals surface area contributed by atoms with Gasteiger partial charge in [0.2, 0.25) is 11.8 Å². The highest BCUT2D eigenvalue weighted by molar-refractivity contribution is 8.02. The van der Waals surface area contributed by atoms with Gasteiger partial charge in [0.15, 0.2) is 0 Å². The molecule has 7 atom stereocenters. The number of fused-ring (bicyclic) bond motifs is 1. The van der Waals surface area contributed by atoms with E-state index in [-0.39, 0.29) is 42.0 Å². The number of carbonyl (C=O) groups excluding carboxylic acids is 3. The first-order chi connectivity index (χ1) is 22.2. The first-order valence-electron chi connectivity index (χ1n) is 16.5. The number of anilines is 2. The lowest BCUT2D eigenvalue weighted by Crippen LogP contribution is -2.59. The zero-order chi connectivity index (χ0) is 33.2. The normalized spacial score (nSPS) is 26.8. The zero-order valence-corrected chi connectivity index (χ0v) is 28.4. The van der Waals surface area contributed by atoms with Crippen LogP contribution in [0.2, 0.25) is 0 Å². The Balaban J connectivity index is 1.61. The summed E-state index contributed by atoms with van der Waals surface area (Å²) < 4.78 is -0.807. The van der Waals surface area contributed by atoms with Crippen molar-refractivity contribution in [3.63, 3.8) is 0 Å². The standard InChI is InChI=1S/C37H48N4O4S/c1-7-20-38(6)34(43)31-30-22-25(5)37(46-30)32(31)35(44)41(29(24-42)23-26-14-12-11-13-15-26)33(37)36(45)40(21-8-2)28-18-16-27(17-19-28)39(9-3)10-4/h7-8,11-19,25,29-33,42H,1-2,9-10,20-24H2,3-6H3/t25?,29-,30+,31-,32+,33?,37?/m1/s1. The van der Waals surface area contributed by atoms with Crippen molar-refractivity contribution in [2.75, 3.05) is 49.6 Å². The van der Waals surface area contributed by atoms with Gasteiger partial charge in [-0.1, -0.05) is 49.4 Å². The first kappa shape index (κ1) is 33.8. The third-order valence-corrected chi connectivity index (χ3v) is 12.3. The fourth-order valence-corrected chi connectivity index (χ4v) is 10.5. The lowest BCUT2D eigenvalue weighted by atomic mass is 9.65. The third kappa shape index (κ3) is 5.66. The van der Waals surface area contributed by atoms with Crippen LogP contribution in [0, 0.1) is 17.8 Å². The number of aliphatic hydroxyl groups is 1. The van der Waals surface area contributed by atoms with Crippen LogP contribution in [0.15, 0.2) is 79.9 Å². The minimum atomic E-state index is -0.860. The van der Waals surface area contributed by atoms with E-state index in [4.69, 9.17) is 0 Å². The topological polar surface area (TPSA) is 84.4 Å². The average Bonchev–Trinajstić information content (AvgIpc) is 3.67. The molecule has 3 saturated heterocycles. The number of likely N-dealkylation sites (tertiary alicyclic amines) is 1. The third-order valence-electron chi connectivity index (χ3n) is 10.3. The predicted octanol–water partition coefficient (Wildman–Crippen LogP) is 4.64. The average molecular weight is 645 g/mol. The van der Waals surface area contributed by atoms with Crippen LogP contribution in [-0.4, -0.2) is 94.5 Å². The Morgan fingerprint density at radius 1 is 1.02 bits per heavy atom. The van der Waals surface area contributed by atoms with Crippen molar-refractivity contribution in [2.45, 2.75) is 55.7 Å². The molecule has 1 N–H and O–H groups in total. The summed E-state index contributed by atoms with van der Waals surface area (Å²) in [5, 5.41) is 10.8. The smallest absolute Gasteiger partial charge is 0.251 e. The van der Waals surface area contributed by atoms with E-state index in [2.05, 4.69) is 38.8 Å². The van der Waals surface area contributed by atoms with E-state index in [0.717, 1.165) is 36.4 Å². The second-order valence-electron chi connectivity index (χ2n) is 12.8. The zero-order valence-electron chi connectivity index (χ0n) is 27.5. The summed E-state index contributed by atoms with van der Waals surface area (Å²) in [5.74, 6) is -1.70. The van der Waals surface area contributed by atoms with Gasteiger partial charge in [0.1, 0.15) is 6.04 Å². The number of likely N-dealkylation sites (N-methyl/N-ethyl adjacent to an activating group) is 1. The van der Waals surface area contributed by atoms with E-state index in [9.17, 15) is 14.7 Å². The molecule has 8 nitrogen and oxygen atoms in total. The Bertz CT molecular complexity index is 1430. The van der Waals surface area contributed by atoms with E-state index in [0.29, 0.717) is 13.0 Å². The monoisotopic (exact) mass is 644 g/mol. The molecule has 3 amide bonds. The number of amides is 3. The molecule has 2 bridgehead atoms. The fourth-order valence-electron chi connectivity index (χ4n) is 8.12. The van der Waals surface area contributed by atoms with Gasteiger partial charge in [-0.2, -0.15) is 0 Å². The Labute approximate surface area is 278 Å². The number of hydrogen-bond acceptors (Lipinski definition) is 6. The number of thioether (sulfide) groups is 1. The van der Waals surface area contributed by atoms with Gasteiger partial charge in [-0.15, -0.1) is 24.9 Å². The SMILES string of the molecule is C=CCN(C)C(=O)[C@@H]1[C@@H]2CC(C)C3(S2)C(C(=O)N(CC=C)c2ccc(N(CC)CC)cc2)N([C@@H](CO)Cc2ccccc2)C(=O)[C@H]13. The van der Waals surface area contributed by atoms with Crippen LogP contribution in [0.1, 0.15) is 32.8 Å². The molecule has 3 aliphatic heterocycles. The van der Waals surface area contributed by atoms with Gasteiger partial charge in [0, 0.05) is 49.9 Å². The molecule has 2 aromatic rings. The lowest BCUT2D eigenvalue weighted by Gasteiger charge is -2.42. The molecule has 3 unspecified atom stereocenters. The fraction of sp³-hybridized carbons (Fsp3) is 0.486. The summed E-state index contributed by atoms with van der Waals surface area (Å²) in [7, 11) is 1.75. The van der Waals surface area contributed by atoms with Crippen molar-refractivity contribution in [3.8, 4) is 0 Å². The molecular formula is C37H48N4O4S. The summed E-state index contributed by atoms with van der Waals surface area (Å²) >= 11 is 1.65. The van der Waals surface area contributed by atoms with E-state index >= 15 is 4.79 Å². The van der Waals surface area contributed by atoms with E-state index in [1.807, 2.05) is 54.6 Å². The number of hydrogen-bond donors (Lipinski definition) is 1. The van der Waals surface area contributed by atoms with Gasteiger partial charge in [0.05, 0.1) is 29.2 Å². The molecule has 3 heterocycles. The number of carbonyl (C=O) groups is 3. The van der Waals surface area contributed by atoms with Crippen molar-refractivity contribution < 1.29 is 19.5 Å². The molecule has 5 rings (SSSR count). The number of rotatable bonds is 14. The highest BCUT2D eigenvalue weighted by atomic mass is 32.2. The molecule has 0 saturated carbocycles. The van der Waals surface area contributed by atoms with Crippen LogP contribution in [0.5, 0.6) is 0 Å². The Kier molecular flexibility index (Phi) is 10.3. The summed E-state index contributed by atoms with van der Waals surface area (Å²) in [6.45, 7) is 16.2. The molecule has 0 aromatic heterocycles. The predicted molar refractivity (Wildman–Crippen MR) is 187 cm³/mol. The lowest BCUT2D eigenvalue weighted by molar-refractivity contribution is -0.145. The largest absolute Gasteiger partial charge is 0.394 e. The summed E-state index contributed by atoms with van der Waals surface area (Å²) in [6, 6.07) is 16.2. The molecule has 9 heteroatoms. The second kappa shape index (κ2) is 14.1. The van der Waals surface area contributed by atoms with Crippen LogP contribution in [0.25, 0.3) is 0 Å². The molecule has 2 aromatic carbocycles. The van der Waals surface area contributed by atoms with Crippen LogP contribution in [0.3, 0.4) is 0 Å². The molecule has 246 valence electrons. The van der Waals surface area contributed by atoms with Crippen LogP contribution in [-0.2, 0) is 20.8 Å². The molecule has 3 aliphatic rings. The maximum Gasteiger partial charge on any atom is 0.251 e. The molecule has 46 heavy (non-hydrogen) atoms. The van der Waals surface area contributed by atoms with Crippen molar-refractivity contribution in [1.29, 1.82) is 0 Å². The maximum absolute atomic E-state index is 15.1.